The molecule has 0 saturated heterocycles. The second-order valence-electron chi connectivity index (χ2n) is 11.8. The Morgan fingerprint density at radius 3 is 1.28 bits per heavy atom. The van der Waals surface area contributed by atoms with Gasteiger partial charge in [-0.25, -0.2) is 9.59 Å². The van der Waals surface area contributed by atoms with Crippen molar-refractivity contribution in [1.29, 1.82) is 0 Å². The molecule has 0 aromatic carbocycles. The van der Waals surface area contributed by atoms with Crippen LogP contribution in [0.5, 0.6) is 0 Å². The van der Waals surface area contributed by atoms with Gasteiger partial charge in [0.25, 0.3) is 10.1 Å². The third kappa shape index (κ3) is 25.9. The largest absolute Gasteiger partial charge is 0.478 e. The third-order valence-electron chi connectivity index (χ3n) is 7.39. The molecule has 0 fully saturated rings. The number of aliphatic hydroxyl groups is 2. The molecule has 0 bridgehead atoms. The molecule has 0 saturated carbocycles. The van der Waals surface area contributed by atoms with Gasteiger partial charge in [-0.2, -0.15) is 8.42 Å². The van der Waals surface area contributed by atoms with E-state index < -0.39 is 51.8 Å². The van der Waals surface area contributed by atoms with Crippen molar-refractivity contribution in [2.75, 3.05) is 51.6 Å². The molecular weight excluding hydrogens is 634 g/mol. The Morgan fingerprint density at radius 2 is 0.936 bits per heavy atom. The van der Waals surface area contributed by atoms with Crippen LogP contribution in [0.4, 0.5) is 0 Å². The molecule has 0 heterocycles. The van der Waals surface area contributed by atoms with Crippen LogP contribution >= 0.6 is 0 Å². The Labute approximate surface area is 279 Å². The molecule has 0 rings (SSSR count). The quantitative estimate of drug-likeness (QED) is 0.0435. The van der Waals surface area contributed by atoms with Gasteiger partial charge in [-0.3, -0.25) is 19.0 Å². The minimum Gasteiger partial charge on any atom is -0.478 e. The van der Waals surface area contributed by atoms with Crippen LogP contribution in [0.2, 0.25) is 0 Å². The first-order valence-corrected chi connectivity index (χ1v) is 18.2. The predicted molar refractivity (Wildman–Crippen MR) is 178 cm³/mol. The van der Waals surface area contributed by atoms with Crippen molar-refractivity contribution in [3.8, 4) is 0 Å². The highest BCUT2D eigenvalue weighted by atomic mass is 32.2. The van der Waals surface area contributed by atoms with Gasteiger partial charge in [0.2, 0.25) is 11.8 Å². The first kappa shape index (κ1) is 44.1. The predicted octanol–water partition coefficient (Wildman–Crippen LogP) is 2.56. The van der Waals surface area contributed by atoms with Crippen LogP contribution in [0.15, 0.2) is 24.3 Å². The summed E-state index contributed by atoms with van der Waals surface area (Å²) in [5.41, 5.74) is 0. The Morgan fingerprint density at radius 1 is 0.574 bits per heavy atom. The summed E-state index contributed by atoms with van der Waals surface area (Å²) in [6, 6.07) is 0. The number of aliphatic hydroxyl groups excluding tert-OH is 2. The summed E-state index contributed by atoms with van der Waals surface area (Å²) in [4.78, 5) is 51.4. The van der Waals surface area contributed by atoms with Crippen LogP contribution in [0.3, 0.4) is 0 Å². The number of carbonyl (C=O) groups is 4. The summed E-state index contributed by atoms with van der Waals surface area (Å²) < 4.78 is 32.3. The van der Waals surface area contributed by atoms with Crippen LogP contribution < -0.4 is 0 Å². The number of hydrogen-bond acceptors (Lipinski definition) is 9. The molecule has 272 valence electrons. The van der Waals surface area contributed by atoms with Crippen molar-refractivity contribution in [2.24, 2.45) is 0 Å². The van der Waals surface area contributed by atoms with Crippen molar-refractivity contribution in [1.82, 2.24) is 14.7 Å². The zero-order valence-corrected chi connectivity index (χ0v) is 28.9. The number of nitrogens with zero attached hydrogens (tertiary/aromatic N) is 3. The lowest BCUT2D eigenvalue weighted by atomic mass is 10.1. The maximum atomic E-state index is 12.7. The number of rotatable bonds is 29. The first-order valence-electron chi connectivity index (χ1n) is 16.6. The van der Waals surface area contributed by atoms with E-state index in [0.717, 1.165) is 76.4 Å². The number of aliphatic carboxylic acids is 2. The monoisotopic (exact) mass is 691 g/mol. The Balaban J connectivity index is 5.63. The van der Waals surface area contributed by atoms with Gasteiger partial charge >= 0.3 is 11.9 Å². The SMILES string of the molecule is CCCCCCCCN(CC(O)CN(CCS(=O)(=O)O)CC(O)CN(CCCCCCCC)C(=O)C=CC(=O)O)C(=O)C=CC(=O)O. The lowest BCUT2D eigenvalue weighted by Crippen LogP contribution is -2.48. The van der Waals surface area contributed by atoms with E-state index in [-0.39, 0.29) is 45.8 Å². The van der Waals surface area contributed by atoms with Crippen LogP contribution in [0, 0.1) is 0 Å². The molecular formula is C32H57N3O11S. The fraction of sp³-hybridized carbons (Fsp3) is 0.750. The topological polar surface area (TPSA) is 213 Å². The fourth-order valence-corrected chi connectivity index (χ4v) is 5.46. The van der Waals surface area contributed by atoms with Gasteiger partial charge in [0.05, 0.1) is 18.0 Å². The number of unbranched alkanes of at least 4 members (excludes halogenated alkanes) is 10. The van der Waals surface area contributed by atoms with E-state index in [0.29, 0.717) is 25.0 Å². The van der Waals surface area contributed by atoms with Crippen molar-refractivity contribution >= 4 is 33.9 Å². The van der Waals surface area contributed by atoms with E-state index in [1.54, 1.807) is 0 Å². The zero-order valence-electron chi connectivity index (χ0n) is 28.0. The second-order valence-corrected chi connectivity index (χ2v) is 13.4. The number of hydrogen-bond donors (Lipinski definition) is 5. The average Bonchev–Trinajstić information content (AvgIpc) is 2.99. The van der Waals surface area contributed by atoms with Crippen molar-refractivity contribution in [2.45, 2.75) is 103 Å². The maximum Gasteiger partial charge on any atom is 0.328 e. The Hall–Kier alpha value is -2.85. The van der Waals surface area contributed by atoms with Gasteiger partial charge in [-0.15, -0.1) is 0 Å². The highest BCUT2D eigenvalue weighted by Gasteiger charge is 2.23. The van der Waals surface area contributed by atoms with Crippen LogP contribution in [0.1, 0.15) is 90.9 Å². The molecule has 0 aliphatic carbocycles. The lowest BCUT2D eigenvalue weighted by Gasteiger charge is -2.31. The van der Waals surface area contributed by atoms with E-state index in [4.69, 9.17) is 10.2 Å². The van der Waals surface area contributed by atoms with Crippen molar-refractivity contribution in [3.63, 3.8) is 0 Å². The standard InChI is InChI=1S/C32H57N3O11S/c1-3-5-7-9-11-13-19-34(29(38)15-17-31(40)41)25-27(36)23-33(21-22-47(44,45)46)24-28(37)26-35(30(39)16-18-32(42)43)20-14-12-10-8-6-4-2/h15-18,27-28,36-37H,3-14,19-26H2,1-2H3,(H,40,41)(H,42,43)(H,44,45,46). The van der Waals surface area contributed by atoms with Crippen LogP contribution in [-0.2, 0) is 29.3 Å². The Kier molecular flexibility index (Phi) is 24.6. The minimum absolute atomic E-state index is 0.196. The molecule has 0 aromatic heterocycles. The van der Waals surface area contributed by atoms with Gasteiger partial charge in [0, 0.05) is 70.1 Å². The minimum atomic E-state index is -4.40. The van der Waals surface area contributed by atoms with Gasteiger partial charge in [-0.05, 0) is 12.8 Å². The normalized spacial score (nSPS) is 13.3. The number of amides is 2. The van der Waals surface area contributed by atoms with Crippen LogP contribution in [-0.4, -0.2) is 136 Å². The summed E-state index contributed by atoms with van der Waals surface area (Å²) in [5.74, 6) is -4.52. The van der Waals surface area contributed by atoms with Crippen molar-refractivity contribution in [3.05, 3.63) is 24.3 Å². The van der Waals surface area contributed by atoms with E-state index in [1.807, 2.05) is 0 Å². The van der Waals surface area contributed by atoms with E-state index in [1.165, 1.54) is 14.7 Å². The third-order valence-corrected chi connectivity index (χ3v) is 8.09. The molecule has 0 radical (unpaired) electrons. The van der Waals surface area contributed by atoms with E-state index in [2.05, 4.69) is 13.8 Å². The molecule has 15 heteroatoms. The first-order chi connectivity index (χ1) is 22.2. The molecule has 0 aliphatic heterocycles. The summed E-state index contributed by atoms with van der Waals surface area (Å²) >= 11 is 0. The van der Waals surface area contributed by atoms with Gasteiger partial charge < -0.3 is 30.2 Å². The van der Waals surface area contributed by atoms with Gasteiger partial charge in [0.1, 0.15) is 0 Å². The molecule has 0 aliphatic rings. The summed E-state index contributed by atoms with van der Waals surface area (Å²) in [6.07, 6.45) is 12.1. The summed E-state index contributed by atoms with van der Waals surface area (Å²) in [7, 11) is -4.40. The number of carboxylic acids is 2. The molecule has 0 spiro atoms. The molecule has 2 amide bonds. The highest BCUT2D eigenvalue weighted by Crippen LogP contribution is 2.10. The maximum absolute atomic E-state index is 12.7. The van der Waals surface area contributed by atoms with E-state index in [9.17, 15) is 42.4 Å². The smallest absolute Gasteiger partial charge is 0.328 e. The number of carboxylic acid groups (broad SMARTS) is 2. The molecule has 0 aromatic rings. The molecule has 14 nitrogen and oxygen atoms in total. The van der Waals surface area contributed by atoms with Gasteiger partial charge in [-0.1, -0.05) is 78.1 Å². The van der Waals surface area contributed by atoms with Crippen LogP contribution in [0.25, 0.3) is 0 Å². The zero-order chi connectivity index (χ0) is 35.7. The highest BCUT2D eigenvalue weighted by molar-refractivity contribution is 7.85. The summed E-state index contributed by atoms with van der Waals surface area (Å²) in [5, 5.41) is 39.7. The lowest BCUT2D eigenvalue weighted by molar-refractivity contribution is -0.133. The average molecular weight is 692 g/mol. The van der Waals surface area contributed by atoms with Crippen molar-refractivity contribution < 1.29 is 52.6 Å². The second kappa shape index (κ2) is 26.1. The summed E-state index contributed by atoms with van der Waals surface area (Å²) in [6.45, 7) is 3.64. The number of carbonyl (C=O) groups excluding carboxylic acids is 2. The van der Waals surface area contributed by atoms with E-state index >= 15 is 0 Å². The fourth-order valence-electron chi connectivity index (χ4n) is 4.97. The molecule has 2 atom stereocenters. The molecule has 2 unspecified atom stereocenters. The van der Waals surface area contributed by atoms with Gasteiger partial charge in [0.15, 0.2) is 0 Å². The molecule has 5 N–H and O–H groups in total. The molecule has 47 heavy (non-hydrogen) atoms. The Bertz CT molecular complexity index is 1020.